The zero-order valence-corrected chi connectivity index (χ0v) is 28.4. The van der Waals surface area contributed by atoms with Crippen molar-refractivity contribution in [2.45, 2.75) is 107 Å². The number of aliphatic carboxylic acids is 5. The number of hydrogen-bond donors (Lipinski definition) is 15. The largest absolute Gasteiger partial charge is 0.480 e. The number of Topliss-reactive ketones (excluding diaryl/α,β-unsaturated/α-hetero) is 1. The Morgan fingerprint density at radius 3 is 1.30 bits per heavy atom. The van der Waals surface area contributed by atoms with Crippen LogP contribution < -0.4 is 33.2 Å². The number of carbonyl (C=O) groups excluding carboxylic acids is 1. The van der Waals surface area contributed by atoms with Crippen molar-refractivity contribution in [2.24, 2.45) is 17.2 Å². The molecule has 0 rings (SSSR count). The van der Waals surface area contributed by atoms with Crippen molar-refractivity contribution in [3.63, 3.8) is 0 Å². The van der Waals surface area contributed by atoms with Crippen LogP contribution in [-0.4, -0.2) is 163 Å². The molecule has 0 fully saturated rings. The summed E-state index contributed by atoms with van der Waals surface area (Å²) in [7, 11) is 0. The number of aliphatic hydroxyl groups is 4. The lowest BCUT2D eigenvalue weighted by atomic mass is 10.0. The number of nitrogens with one attached hydrogen (secondary N) is 3. The van der Waals surface area contributed by atoms with E-state index in [1.165, 1.54) is 0 Å². The van der Waals surface area contributed by atoms with Gasteiger partial charge in [0, 0.05) is 0 Å². The third-order valence-electron chi connectivity index (χ3n) is 6.76. The fraction of sp³-hybridized carbons (Fsp3) is 0.793. The number of aliphatic hydroxyl groups excluding tert-OH is 4. The van der Waals surface area contributed by atoms with E-state index in [0.717, 1.165) is 12.8 Å². The van der Waals surface area contributed by atoms with E-state index in [1.807, 2.05) is 0 Å². The molecule has 50 heavy (non-hydrogen) atoms. The van der Waals surface area contributed by atoms with Crippen molar-refractivity contribution in [1.82, 2.24) is 16.0 Å². The molecule has 0 heterocycles. The van der Waals surface area contributed by atoms with Gasteiger partial charge in [0.25, 0.3) is 0 Å². The fourth-order valence-electron chi connectivity index (χ4n) is 3.51. The molecule has 0 aromatic heterocycles. The van der Waals surface area contributed by atoms with Crippen LogP contribution in [0, 0.1) is 0 Å². The lowest BCUT2D eigenvalue weighted by Crippen LogP contribution is -2.46. The molecule has 0 aliphatic carbocycles. The smallest absolute Gasteiger partial charge is 0.320 e. The minimum atomic E-state index is -1.78. The molecule has 0 aliphatic heterocycles. The van der Waals surface area contributed by atoms with E-state index in [4.69, 9.17) is 52.9 Å². The summed E-state index contributed by atoms with van der Waals surface area (Å²) in [6.45, 7) is 2.07. The fourth-order valence-corrected chi connectivity index (χ4v) is 3.51. The number of carboxylic acids is 5. The quantitative estimate of drug-likeness (QED) is 0.0338. The summed E-state index contributed by atoms with van der Waals surface area (Å²) in [6, 6.07) is -3.10. The first-order valence-corrected chi connectivity index (χ1v) is 16.0. The second kappa shape index (κ2) is 31.6. The first kappa shape index (κ1) is 51.0. The molecule has 7 atom stereocenters. The first-order valence-electron chi connectivity index (χ1n) is 16.0. The second-order valence-corrected chi connectivity index (χ2v) is 11.2. The van der Waals surface area contributed by atoms with E-state index in [0.29, 0.717) is 64.6 Å². The minimum absolute atomic E-state index is 0.0645. The first-order chi connectivity index (χ1) is 23.3. The van der Waals surface area contributed by atoms with Crippen molar-refractivity contribution < 1.29 is 74.7 Å². The molecule has 0 saturated carbocycles. The van der Waals surface area contributed by atoms with Crippen LogP contribution in [0.2, 0.25) is 0 Å². The number of carbonyl (C=O) groups is 6. The normalized spacial score (nSPS) is 15.0. The Bertz CT molecular complexity index is 956. The summed E-state index contributed by atoms with van der Waals surface area (Å²) in [4.78, 5) is 63.0. The third-order valence-corrected chi connectivity index (χ3v) is 6.76. The monoisotopic (exact) mass is 730 g/mol. The molecule has 21 nitrogen and oxygen atoms in total. The average molecular weight is 731 g/mol. The highest BCUT2D eigenvalue weighted by molar-refractivity contribution is 5.85. The molecule has 18 N–H and O–H groups in total. The molecule has 0 amide bonds. The summed E-state index contributed by atoms with van der Waals surface area (Å²) in [6.07, 6.45) is 0.0476. The summed E-state index contributed by atoms with van der Waals surface area (Å²) < 4.78 is 0. The maximum absolute atomic E-state index is 11.5. The highest BCUT2D eigenvalue weighted by Crippen LogP contribution is 2.02. The van der Waals surface area contributed by atoms with Crippen LogP contribution in [0.5, 0.6) is 0 Å². The van der Waals surface area contributed by atoms with Gasteiger partial charge in [0.1, 0.15) is 42.5 Å². The SMILES string of the molecule is CC(NCCCCC(N)C(=O)O)C(=O)O.NC(CCCCNCC(=O)C(O)C(O)C(O)CO)C(=O)O.NC(CCCCNCC(=O)O)C(=O)O. The van der Waals surface area contributed by atoms with Crippen LogP contribution in [0.1, 0.15) is 64.7 Å². The maximum atomic E-state index is 11.5. The molecule has 0 aromatic carbocycles. The zero-order chi connectivity index (χ0) is 39.2. The van der Waals surface area contributed by atoms with E-state index in [2.05, 4.69) is 16.0 Å². The van der Waals surface area contributed by atoms with E-state index in [1.54, 1.807) is 6.92 Å². The second-order valence-electron chi connectivity index (χ2n) is 11.2. The third kappa shape index (κ3) is 30.7. The van der Waals surface area contributed by atoms with Gasteiger partial charge in [-0.2, -0.15) is 0 Å². The molecule has 0 radical (unpaired) electrons. The van der Waals surface area contributed by atoms with Gasteiger partial charge in [-0.05, 0) is 65.1 Å². The predicted octanol–water partition coefficient (Wildman–Crippen LogP) is -4.32. The Morgan fingerprint density at radius 1 is 0.580 bits per heavy atom. The van der Waals surface area contributed by atoms with Crippen LogP contribution >= 0.6 is 0 Å². The average Bonchev–Trinajstić information content (AvgIpc) is 3.06. The Hall–Kier alpha value is -3.38. The molecule has 0 spiro atoms. The van der Waals surface area contributed by atoms with E-state index < -0.39 is 84.7 Å². The summed E-state index contributed by atoms with van der Waals surface area (Å²) >= 11 is 0. The maximum Gasteiger partial charge on any atom is 0.320 e. The van der Waals surface area contributed by atoms with Crippen LogP contribution in [0.4, 0.5) is 0 Å². The molecule has 7 unspecified atom stereocenters. The predicted molar refractivity (Wildman–Crippen MR) is 177 cm³/mol. The molecule has 294 valence electrons. The number of nitrogens with two attached hydrogens (primary N) is 3. The van der Waals surface area contributed by atoms with Gasteiger partial charge in [0.2, 0.25) is 0 Å². The van der Waals surface area contributed by atoms with Gasteiger partial charge in [-0.25, -0.2) is 0 Å². The van der Waals surface area contributed by atoms with E-state index >= 15 is 0 Å². The van der Waals surface area contributed by atoms with Gasteiger partial charge in [-0.15, -0.1) is 0 Å². The van der Waals surface area contributed by atoms with Crippen molar-refractivity contribution in [3.8, 4) is 0 Å². The number of carboxylic acid groups (broad SMARTS) is 5. The molecule has 0 bridgehead atoms. The molecular weight excluding hydrogens is 672 g/mol. The number of ketones is 1. The van der Waals surface area contributed by atoms with Crippen LogP contribution in [-0.2, 0) is 28.8 Å². The van der Waals surface area contributed by atoms with Gasteiger partial charge in [-0.1, -0.05) is 19.3 Å². The lowest BCUT2D eigenvalue weighted by Gasteiger charge is -2.20. The molecule has 0 saturated heterocycles. The van der Waals surface area contributed by atoms with Crippen LogP contribution in [0.15, 0.2) is 0 Å². The highest BCUT2D eigenvalue weighted by Gasteiger charge is 2.29. The topological polar surface area (TPSA) is 399 Å². The van der Waals surface area contributed by atoms with E-state index in [-0.39, 0.29) is 13.1 Å². The summed E-state index contributed by atoms with van der Waals surface area (Å²) in [5, 5.41) is 87.0. The van der Waals surface area contributed by atoms with Gasteiger partial charge in [0.15, 0.2) is 5.78 Å². The molecule has 0 aliphatic rings. The summed E-state index contributed by atoms with van der Waals surface area (Å²) in [5.41, 5.74) is 15.9. The zero-order valence-electron chi connectivity index (χ0n) is 28.4. The molecule has 0 aromatic rings. The minimum Gasteiger partial charge on any atom is -0.480 e. The van der Waals surface area contributed by atoms with Crippen molar-refractivity contribution in [1.29, 1.82) is 0 Å². The number of hydrogen-bond acceptors (Lipinski definition) is 16. The Labute approximate surface area is 290 Å². The molecular formula is C29H58N6O15. The standard InChI is InChI=1S/C12H24N2O7.C9H18N2O4.C8H16N2O4/c13-7(12(20)21)3-1-2-4-14-5-8(16)10(18)11(19)9(17)6-15;1-6(8(12)13)11-5-3-2-4-7(10)9(14)15;9-6(8(13)14)3-1-2-4-10-5-7(11)12/h7,9-11,14-15,17-19H,1-6,13H2,(H,20,21);6-7,11H,2-5,10H2,1H3,(H,12,13)(H,14,15);6,10H,1-5,9H2,(H,11,12)(H,13,14). The van der Waals surface area contributed by atoms with Crippen molar-refractivity contribution in [2.75, 3.05) is 39.3 Å². The van der Waals surface area contributed by atoms with Crippen LogP contribution in [0.3, 0.4) is 0 Å². The van der Waals surface area contributed by atoms with Gasteiger partial charge >= 0.3 is 29.8 Å². The van der Waals surface area contributed by atoms with Crippen molar-refractivity contribution in [3.05, 3.63) is 0 Å². The summed E-state index contributed by atoms with van der Waals surface area (Å²) in [5.74, 6) is -5.55. The Kier molecular flexibility index (Phi) is 32.2. The molecule has 21 heteroatoms. The number of rotatable bonds is 28. The lowest BCUT2D eigenvalue weighted by molar-refractivity contribution is -0.139. The number of unbranched alkanes of at least 4 members (excludes halogenated alkanes) is 3. The van der Waals surface area contributed by atoms with Crippen LogP contribution in [0.25, 0.3) is 0 Å². The van der Waals surface area contributed by atoms with E-state index in [9.17, 15) is 39.0 Å². The van der Waals surface area contributed by atoms with Gasteiger partial charge < -0.3 is 79.1 Å². The highest BCUT2D eigenvalue weighted by atomic mass is 16.4. The Morgan fingerprint density at radius 2 is 0.960 bits per heavy atom. The van der Waals surface area contributed by atoms with Gasteiger partial charge in [-0.3, -0.25) is 28.8 Å². The van der Waals surface area contributed by atoms with Crippen molar-refractivity contribution >= 4 is 35.6 Å². The van der Waals surface area contributed by atoms with Gasteiger partial charge in [0.05, 0.1) is 19.7 Å². The Balaban J connectivity index is -0.000000682.